The molecule has 1 unspecified atom stereocenters. The maximum atomic E-state index is 11.6. The van der Waals surface area contributed by atoms with Crippen molar-refractivity contribution in [3.8, 4) is 0 Å². The van der Waals surface area contributed by atoms with Crippen molar-refractivity contribution in [3.63, 3.8) is 0 Å². The van der Waals surface area contributed by atoms with Crippen LogP contribution in [0.2, 0.25) is 0 Å². The second kappa shape index (κ2) is 5.25. The molecule has 0 aliphatic heterocycles. The zero-order valence-electron chi connectivity index (χ0n) is 7.73. The first kappa shape index (κ1) is 12.2. The highest BCUT2D eigenvalue weighted by Crippen LogP contribution is 2.15. The maximum Gasteiger partial charge on any atom is 0.250 e. The van der Waals surface area contributed by atoms with E-state index in [1.807, 2.05) is 6.92 Å². The predicted octanol–water partition coefficient (Wildman–Crippen LogP) is 2.06. The molecule has 6 heteroatoms. The van der Waals surface area contributed by atoms with Crippen molar-refractivity contribution < 1.29 is 8.42 Å². The quantitative estimate of drug-likeness (QED) is 0.846. The van der Waals surface area contributed by atoms with Crippen LogP contribution in [0.1, 0.15) is 6.92 Å². The van der Waals surface area contributed by atoms with Crippen molar-refractivity contribution in [1.82, 2.24) is 4.72 Å². The molecule has 0 aromatic carbocycles. The van der Waals surface area contributed by atoms with Gasteiger partial charge in [0, 0.05) is 11.9 Å². The van der Waals surface area contributed by atoms with E-state index in [2.05, 4.69) is 20.7 Å². The Labute approximate surface area is 96.7 Å². The fourth-order valence-electron chi connectivity index (χ4n) is 0.794. The third-order valence-corrected chi connectivity index (χ3v) is 5.57. The second-order valence-corrected chi connectivity index (χ2v) is 6.63. The van der Waals surface area contributed by atoms with Crippen molar-refractivity contribution in [2.75, 3.05) is 11.9 Å². The molecule has 14 heavy (non-hydrogen) atoms. The van der Waals surface area contributed by atoms with Gasteiger partial charge in [-0.15, -0.1) is 11.3 Å². The minimum absolute atomic E-state index is 0.296. The van der Waals surface area contributed by atoms with Crippen molar-refractivity contribution in [2.24, 2.45) is 5.92 Å². The molecule has 0 bridgehead atoms. The van der Waals surface area contributed by atoms with Crippen LogP contribution in [-0.4, -0.2) is 20.3 Å². The molecule has 0 fully saturated rings. The Kier molecular flexibility index (Phi) is 4.56. The van der Waals surface area contributed by atoms with Crippen LogP contribution in [0.25, 0.3) is 0 Å². The summed E-state index contributed by atoms with van der Waals surface area (Å²) < 4.78 is 26.1. The molecule has 0 radical (unpaired) electrons. The van der Waals surface area contributed by atoms with Crippen LogP contribution in [0.3, 0.4) is 0 Å². The van der Waals surface area contributed by atoms with Crippen molar-refractivity contribution in [3.05, 3.63) is 17.5 Å². The molecule has 1 rings (SSSR count). The second-order valence-electron chi connectivity index (χ2n) is 3.04. The largest absolute Gasteiger partial charge is 0.250 e. The normalized spacial score (nSPS) is 14.1. The Morgan fingerprint density at radius 2 is 2.36 bits per heavy atom. The topological polar surface area (TPSA) is 46.2 Å². The van der Waals surface area contributed by atoms with Crippen molar-refractivity contribution >= 4 is 37.3 Å². The third kappa shape index (κ3) is 3.34. The van der Waals surface area contributed by atoms with Gasteiger partial charge in [0.1, 0.15) is 4.21 Å². The number of hydrogen-bond acceptors (Lipinski definition) is 3. The van der Waals surface area contributed by atoms with Crippen LogP contribution in [0.15, 0.2) is 21.7 Å². The van der Waals surface area contributed by atoms with Crippen LogP contribution in [0.5, 0.6) is 0 Å². The van der Waals surface area contributed by atoms with Gasteiger partial charge in [-0.05, 0) is 17.4 Å². The van der Waals surface area contributed by atoms with E-state index in [1.54, 1.807) is 17.5 Å². The van der Waals surface area contributed by atoms with E-state index >= 15 is 0 Å². The SMILES string of the molecule is CC(CBr)CNS(=O)(=O)c1cccs1. The molecule has 0 spiro atoms. The molecule has 0 saturated carbocycles. The summed E-state index contributed by atoms with van der Waals surface area (Å²) in [6.45, 7) is 2.44. The summed E-state index contributed by atoms with van der Waals surface area (Å²) >= 11 is 4.53. The lowest BCUT2D eigenvalue weighted by Crippen LogP contribution is -2.28. The van der Waals surface area contributed by atoms with Crippen molar-refractivity contribution in [2.45, 2.75) is 11.1 Å². The summed E-state index contributed by atoms with van der Waals surface area (Å²) in [5, 5.41) is 2.54. The molecule has 0 aliphatic carbocycles. The number of alkyl halides is 1. The molecule has 0 aliphatic rings. The lowest BCUT2D eigenvalue weighted by molar-refractivity contribution is 0.565. The maximum absolute atomic E-state index is 11.6. The summed E-state index contributed by atoms with van der Waals surface area (Å²) in [5.41, 5.74) is 0. The van der Waals surface area contributed by atoms with E-state index in [-0.39, 0.29) is 0 Å². The monoisotopic (exact) mass is 297 g/mol. The lowest BCUT2D eigenvalue weighted by Gasteiger charge is -2.08. The molecule has 1 atom stereocenters. The van der Waals surface area contributed by atoms with Gasteiger partial charge in [-0.25, -0.2) is 13.1 Å². The van der Waals surface area contributed by atoms with Gasteiger partial charge in [0.15, 0.2) is 0 Å². The highest BCUT2D eigenvalue weighted by molar-refractivity contribution is 9.09. The standard InChI is InChI=1S/C8H12BrNO2S2/c1-7(5-9)6-10-14(11,12)8-3-2-4-13-8/h2-4,7,10H,5-6H2,1H3. The van der Waals surface area contributed by atoms with Crippen LogP contribution in [0.4, 0.5) is 0 Å². The highest BCUT2D eigenvalue weighted by Gasteiger charge is 2.15. The molecule has 0 saturated heterocycles. The Morgan fingerprint density at radius 3 is 2.86 bits per heavy atom. The highest BCUT2D eigenvalue weighted by atomic mass is 79.9. The van der Waals surface area contributed by atoms with Crippen LogP contribution >= 0.6 is 27.3 Å². The van der Waals surface area contributed by atoms with Crippen LogP contribution in [0, 0.1) is 5.92 Å². The van der Waals surface area contributed by atoms with E-state index in [0.29, 0.717) is 16.7 Å². The summed E-state index contributed by atoms with van der Waals surface area (Å²) in [5.74, 6) is 0.296. The number of halogens is 1. The van der Waals surface area contributed by atoms with E-state index < -0.39 is 10.0 Å². The molecule has 1 aromatic heterocycles. The minimum atomic E-state index is -3.27. The molecular weight excluding hydrogens is 286 g/mol. The average molecular weight is 298 g/mol. The first-order chi connectivity index (χ1) is 6.56. The van der Waals surface area contributed by atoms with E-state index in [9.17, 15) is 8.42 Å². The van der Waals surface area contributed by atoms with Crippen LogP contribution in [-0.2, 0) is 10.0 Å². The lowest BCUT2D eigenvalue weighted by atomic mass is 10.2. The Balaban J connectivity index is 2.60. The van der Waals surface area contributed by atoms with Gasteiger partial charge in [0.2, 0.25) is 10.0 Å². The smallest absolute Gasteiger partial charge is 0.210 e. The first-order valence-corrected chi connectivity index (χ1v) is 7.64. The van der Waals surface area contributed by atoms with E-state index in [0.717, 1.165) is 5.33 Å². The fourth-order valence-corrected chi connectivity index (χ4v) is 3.23. The number of sulfonamides is 1. The fraction of sp³-hybridized carbons (Fsp3) is 0.500. The third-order valence-electron chi connectivity index (χ3n) is 1.65. The molecule has 1 heterocycles. The summed E-state index contributed by atoms with van der Waals surface area (Å²) in [6.07, 6.45) is 0. The van der Waals surface area contributed by atoms with Gasteiger partial charge in [-0.1, -0.05) is 28.9 Å². The predicted molar refractivity (Wildman–Crippen MR) is 62.5 cm³/mol. The Hall–Kier alpha value is 0.0900. The number of rotatable bonds is 5. The average Bonchev–Trinajstić information content (AvgIpc) is 2.67. The number of thiophene rings is 1. The number of nitrogens with one attached hydrogen (secondary N) is 1. The van der Waals surface area contributed by atoms with E-state index in [4.69, 9.17) is 0 Å². The summed E-state index contributed by atoms with van der Waals surface area (Å²) in [6, 6.07) is 3.33. The van der Waals surface area contributed by atoms with Gasteiger partial charge in [0.05, 0.1) is 0 Å². The molecule has 1 aromatic rings. The Bertz CT molecular complexity index is 361. The zero-order valence-corrected chi connectivity index (χ0v) is 11.0. The van der Waals surface area contributed by atoms with Crippen LogP contribution < -0.4 is 4.72 Å². The van der Waals surface area contributed by atoms with Crippen molar-refractivity contribution in [1.29, 1.82) is 0 Å². The summed E-state index contributed by atoms with van der Waals surface area (Å²) in [7, 11) is -3.27. The van der Waals surface area contributed by atoms with Gasteiger partial charge in [-0.3, -0.25) is 0 Å². The Morgan fingerprint density at radius 1 is 1.64 bits per heavy atom. The summed E-state index contributed by atoms with van der Waals surface area (Å²) in [4.78, 5) is 0. The van der Waals surface area contributed by atoms with Gasteiger partial charge < -0.3 is 0 Å². The molecule has 1 N–H and O–H groups in total. The van der Waals surface area contributed by atoms with Gasteiger partial charge in [-0.2, -0.15) is 0 Å². The molecule has 80 valence electrons. The number of hydrogen-bond donors (Lipinski definition) is 1. The minimum Gasteiger partial charge on any atom is -0.210 e. The van der Waals surface area contributed by atoms with Gasteiger partial charge in [0.25, 0.3) is 0 Å². The van der Waals surface area contributed by atoms with E-state index in [1.165, 1.54) is 11.3 Å². The molecule has 3 nitrogen and oxygen atoms in total. The molecular formula is C8H12BrNO2S2. The zero-order chi connectivity index (χ0) is 10.6. The van der Waals surface area contributed by atoms with Gasteiger partial charge >= 0.3 is 0 Å². The molecule has 0 amide bonds. The first-order valence-electron chi connectivity index (χ1n) is 4.15.